The van der Waals surface area contributed by atoms with Crippen LogP contribution in [0.25, 0.3) is 0 Å². The summed E-state index contributed by atoms with van der Waals surface area (Å²) in [5.74, 6) is -2.75. The number of aliphatic hydroxyl groups is 1. The van der Waals surface area contributed by atoms with E-state index in [9.17, 15) is 23.5 Å². The van der Waals surface area contributed by atoms with Crippen LogP contribution in [0.1, 0.15) is 10.4 Å². The summed E-state index contributed by atoms with van der Waals surface area (Å²) in [5, 5.41) is 9.41. The fourth-order valence-electron chi connectivity index (χ4n) is 2.07. The Morgan fingerprint density at radius 1 is 1.32 bits per heavy atom. The van der Waals surface area contributed by atoms with E-state index >= 15 is 0 Å². The summed E-state index contributed by atoms with van der Waals surface area (Å²) in [5.41, 5.74) is 0.333. The minimum absolute atomic E-state index is 0.321. The van der Waals surface area contributed by atoms with Gasteiger partial charge in [0.2, 0.25) is 6.43 Å². The summed E-state index contributed by atoms with van der Waals surface area (Å²) in [6.07, 6.45) is -4.54. The predicted molar refractivity (Wildman–Crippen MR) is 62.9 cm³/mol. The van der Waals surface area contributed by atoms with Crippen molar-refractivity contribution < 1.29 is 23.5 Å². The van der Waals surface area contributed by atoms with Gasteiger partial charge in [-0.2, -0.15) is 0 Å². The summed E-state index contributed by atoms with van der Waals surface area (Å²) in [6.45, 7) is -0.656. The molecule has 2 rings (SSSR count). The van der Waals surface area contributed by atoms with E-state index in [4.69, 9.17) is 0 Å². The zero-order chi connectivity index (χ0) is 14.0. The van der Waals surface area contributed by atoms with E-state index in [0.717, 1.165) is 4.90 Å². The Balaban J connectivity index is 2.17. The normalized spacial score (nSPS) is 23.8. The molecule has 1 fully saturated rings. The Morgan fingerprint density at radius 2 is 1.95 bits per heavy atom. The Kier molecular flexibility index (Phi) is 3.90. The molecule has 0 saturated carbocycles. The molecule has 1 heterocycles. The van der Waals surface area contributed by atoms with Crippen LogP contribution in [0.4, 0.5) is 8.78 Å². The number of hydrogen-bond donors (Lipinski definition) is 1. The van der Waals surface area contributed by atoms with Gasteiger partial charge >= 0.3 is 0 Å². The summed E-state index contributed by atoms with van der Waals surface area (Å²) < 4.78 is 25.5. The number of rotatable bonds is 2. The maximum Gasteiger partial charge on any atom is 0.254 e. The highest BCUT2D eigenvalue weighted by Crippen LogP contribution is 2.22. The SMILES string of the molecule is O=C1CN(C(=O)c2ccccc2)C[C@H](C(F)F)[C@H]1O. The number of hydrogen-bond acceptors (Lipinski definition) is 3. The van der Waals surface area contributed by atoms with Crippen molar-refractivity contribution in [3.8, 4) is 0 Å². The van der Waals surface area contributed by atoms with Gasteiger partial charge < -0.3 is 10.0 Å². The van der Waals surface area contributed by atoms with Crippen LogP contribution in [0.15, 0.2) is 30.3 Å². The number of nitrogens with zero attached hydrogens (tertiary/aromatic N) is 1. The van der Waals surface area contributed by atoms with E-state index in [0.29, 0.717) is 5.56 Å². The predicted octanol–water partition coefficient (Wildman–Crippen LogP) is 0.954. The number of amides is 1. The average Bonchev–Trinajstić information content (AvgIpc) is 2.41. The molecule has 1 aromatic rings. The molecule has 1 amide bonds. The number of alkyl halides is 2. The van der Waals surface area contributed by atoms with Crippen molar-refractivity contribution in [2.75, 3.05) is 13.1 Å². The fourth-order valence-corrected chi connectivity index (χ4v) is 2.07. The molecule has 1 aliphatic rings. The third-order valence-corrected chi connectivity index (χ3v) is 3.14. The number of carbonyl (C=O) groups excluding carboxylic acids is 2. The van der Waals surface area contributed by atoms with Gasteiger partial charge in [-0.1, -0.05) is 18.2 Å². The van der Waals surface area contributed by atoms with Gasteiger partial charge in [-0.05, 0) is 12.1 Å². The van der Waals surface area contributed by atoms with Gasteiger partial charge in [0, 0.05) is 12.1 Å². The monoisotopic (exact) mass is 269 g/mol. The lowest BCUT2D eigenvalue weighted by Crippen LogP contribution is -2.54. The van der Waals surface area contributed by atoms with Crippen molar-refractivity contribution in [2.24, 2.45) is 5.92 Å². The van der Waals surface area contributed by atoms with Crippen molar-refractivity contribution in [1.29, 1.82) is 0 Å². The Hall–Kier alpha value is -1.82. The van der Waals surface area contributed by atoms with Crippen LogP contribution in [0.5, 0.6) is 0 Å². The molecule has 0 aromatic heterocycles. The van der Waals surface area contributed by atoms with E-state index in [2.05, 4.69) is 0 Å². The molecule has 0 spiro atoms. The highest BCUT2D eigenvalue weighted by Gasteiger charge is 2.41. The summed E-state index contributed by atoms with van der Waals surface area (Å²) >= 11 is 0. The lowest BCUT2D eigenvalue weighted by atomic mass is 9.93. The van der Waals surface area contributed by atoms with E-state index in [-0.39, 0.29) is 13.1 Å². The molecular weight excluding hydrogens is 256 g/mol. The molecule has 1 aliphatic heterocycles. The maximum atomic E-state index is 12.7. The van der Waals surface area contributed by atoms with Crippen LogP contribution < -0.4 is 0 Å². The second-order valence-electron chi connectivity index (χ2n) is 4.46. The first-order valence-electron chi connectivity index (χ1n) is 5.84. The number of Topliss-reactive ketones (excluding diaryl/α,β-unsaturated/α-hetero) is 1. The smallest absolute Gasteiger partial charge is 0.254 e. The fraction of sp³-hybridized carbons (Fsp3) is 0.385. The number of likely N-dealkylation sites (tertiary alicyclic amines) is 1. The van der Waals surface area contributed by atoms with E-state index in [1.807, 2.05) is 0 Å². The largest absolute Gasteiger partial charge is 0.385 e. The van der Waals surface area contributed by atoms with Gasteiger partial charge in [0.1, 0.15) is 6.10 Å². The number of halogens is 2. The van der Waals surface area contributed by atoms with Gasteiger partial charge in [-0.25, -0.2) is 8.78 Å². The molecule has 1 saturated heterocycles. The quantitative estimate of drug-likeness (QED) is 0.869. The molecule has 2 atom stereocenters. The maximum absolute atomic E-state index is 12.7. The van der Waals surface area contributed by atoms with Crippen molar-refractivity contribution in [1.82, 2.24) is 4.90 Å². The topological polar surface area (TPSA) is 57.6 Å². The molecule has 1 N–H and O–H groups in total. The lowest BCUT2D eigenvalue weighted by Gasteiger charge is -2.34. The summed E-state index contributed by atoms with van der Waals surface area (Å²) in [6, 6.07) is 8.13. The minimum atomic E-state index is -2.84. The third kappa shape index (κ3) is 2.78. The van der Waals surface area contributed by atoms with Gasteiger partial charge in [-0.15, -0.1) is 0 Å². The molecule has 102 valence electrons. The van der Waals surface area contributed by atoms with Gasteiger partial charge in [0.25, 0.3) is 5.91 Å². The van der Waals surface area contributed by atoms with Crippen LogP contribution in [0, 0.1) is 5.92 Å². The van der Waals surface area contributed by atoms with Crippen molar-refractivity contribution in [3.63, 3.8) is 0 Å². The number of benzene rings is 1. The minimum Gasteiger partial charge on any atom is -0.385 e. The van der Waals surface area contributed by atoms with Gasteiger partial charge in [0.15, 0.2) is 5.78 Å². The van der Waals surface area contributed by atoms with Crippen LogP contribution in [-0.4, -0.2) is 47.3 Å². The number of aliphatic hydroxyl groups excluding tert-OH is 1. The highest BCUT2D eigenvalue weighted by molar-refractivity contribution is 5.98. The molecule has 0 radical (unpaired) electrons. The number of piperidine rings is 1. The first kappa shape index (κ1) is 13.6. The zero-order valence-corrected chi connectivity index (χ0v) is 10.00. The van der Waals surface area contributed by atoms with Gasteiger partial charge in [0.05, 0.1) is 12.5 Å². The lowest BCUT2D eigenvalue weighted by molar-refractivity contribution is -0.140. The molecule has 6 heteroatoms. The van der Waals surface area contributed by atoms with Crippen LogP contribution in [-0.2, 0) is 4.79 Å². The zero-order valence-electron chi connectivity index (χ0n) is 10.00. The van der Waals surface area contributed by atoms with Crippen LogP contribution in [0.2, 0.25) is 0 Å². The second kappa shape index (κ2) is 5.44. The number of carbonyl (C=O) groups is 2. The first-order valence-corrected chi connectivity index (χ1v) is 5.84. The standard InChI is InChI=1S/C13H13F2NO3/c14-12(15)9-6-16(7-10(17)11(9)18)13(19)8-4-2-1-3-5-8/h1-5,9,11-12,18H,6-7H2/t9-,11+/m0/s1. The molecular formula is C13H13F2NO3. The highest BCUT2D eigenvalue weighted by atomic mass is 19.3. The third-order valence-electron chi connectivity index (χ3n) is 3.14. The van der Waals surface area contributed by atoms with E-state index in [1.54, 1.807) is 30.3 Å². The van der Waals surface area contributed by atoms with E-state index in [1.165, 1.54) is 0 Å². The van der Waals surface area contributed by atoms with Gasteiger partial charge in [-0.3, -0.25) is 9.59 Å². The molecule has 4 nitrogen and oxygen atoms in total. The first-order chi connectivity index (χ1) is 9.00. The second-order valence-corrected chi connectivity index (χ2v) is 4.46. The molecule has 1 aromatic carbocycles. The van der Waals surface area contributed by atoms with Crippen molar-refractivity contribution in [3.05, 3.63) is 35.9 Å². The van der Waals surface area contributed by atoms with Crippen LogP contribution >= 0.6 is 0 Å². The van der Waals surface area contributed by atoms with Crippen molar-refractivity contribution >= 4 is 11.7 Å². The summed E-state index contributed by atoms with van der Waals surface area (Å²) in [7, 11) is 0. The molecule has 19 heavy (non-hydrogen) atoms. The molecule has 0 bridgehead atoms. The molecule has 0 unspecified atom stereocenters. The van der Waals surface area contributed by atoms with Crippen molar-refractivity contribution in [2.45, 2.75) is 12.5 Å². The Bertz CT molecular complexity index is 478. The van der Waals surface area contributed by atoms with Crippen LogP contribution in [0.3, 0.4) is 0 Å². The Labute approximate surface area is 108 Å². The summed E-state index contributed by atoms with van der Waals surface area (Å²) in [4.78, 5) is 24.6. The van der Waals surface area contributed by atoms with E-state index < -0.39 is 30.1 Å². The Morgan fingerprint density at radius 3 is 2.53 bits per heavy atom. The average molecular weight is 269 g/mol. The number of ketones is 1. The molecule has 0 aliphatic carbocycles.